The third-order valence-electron chi connectivity index (χ3n) is 4.20. The minimum Gasteiger partial charge on any atom is -0.345 e. The van der Waals surface area contributed by atoms with E-state index in [0.29, 0.717) is 23.1 Å². The highest BCUT2D eigenvalue weighted by atomic mass is 32.2. The van der Waals surface area contributed by atoms with Crippen LogP contribution in [-0.2, 0) is 11.3 Å². The van der Waals surface area contributed by atoms with E-state index in [4.69, 9.17) is 0 Å². The Kier molecular flexibility index (Phi) is 6.66. The molecule has 29 heavy (non-hydrogen) atoms. The van der Waals surface area contributed by atoms with E-state index in [0.717, 1.165) is 11.3 Å². The van der Waals surface area contributed by atoms with E-state index in [1.807, 2.05) is 60.0 Å². The summed E-state index contributed by atoms with van der Waals surface area (Å²) in [6.45, 7) is 2.65. The number of benzene rings is 2. The lowest BCUT2D eigenvalue weighted by Gasteiger charge is -2.12. The number of para-hydroxylation sites is 1. The number of anilines is 1. The summed E-state index contributed by atoms with van der Waals surface area (Å²) in [6.07, 6.45) is 0. The molecule has 0 aliphatic carbocycles. The lowest BCUT2D eigenvalue weighted by molar-refractivity contribution is -0.113. The topological polar surface area (TPSA) is 80.1 Å². The third kappa shape index (κ3) is 5.03. The molecule has 0 spiro atoms. The van der Waals surface area contributed by atoms with Crippen molar-refractivity contribution in [2.45, 2.75) is 18.6 Å². The van der Waals surface area contributed by atoms with E-state index in [1.165, 1.54) is 16.7 Å². The van der Waals surface area contributed by atoms with Gasteiger partial charge in [0.2, 0.25) is 5.91 Å². The molecule has 8 heteroatoms. The maximum Gasteiger partial charge on any atom is 0.253 e. The number of hydrogen-bond acceptors (Lipinski definition) is 5. The molecular weight excluding hydrogens is 386 g/mol. The molecule has 0 aliphatic heterocycles. The molecule has 0 atom stereocenters. The summed E-state index contributed by atoms with van der Waals surface area (Å²) in [7, 11) is 3.44. The number of nitrogens with zero attached hydrogens (tertiary/aromatic N) is 4. The monoisotopic (exact) mass is 409 g/mol. The van der Waals surface area contributed by atoms with E-state index < -0.39 is 0 Å². The standard InChI is InChI=1S/C21H23N5O2S/c1-4-26-19(15-9-8-10-16(13-15)20(28)25(2)3)23-24-21(26)29-14-18(27)22-17-11-6-5-7-12-17/h5-13H,4,14H2,1-3H3,(H,22,27). The van der Waals surface area contributed by atoms with Crippen molar-refractivity contribution >= 4 is 29.3 Å². The summed E-state index contributed by atoms with van der Waals surface area (Å²) < 4.78 is 1.94. The zero-order valence-corrected chi connectivity index (χ0v) is 17.4. The lowest BCUT2D eigenvalue weighted by atomic mass is 10.1. The van der Waals surface area contributed by atoms with Crippen molar-refractivity contribution in [3.05, 3.63) is 60.2 Å². The number of thioether (sulfide) groups is 1. The van der Waals surface area contributed by atoms with Gasteiger partial charge in [-0.3, -0.25) is 9.59 Å². The molecule has 0 saturated heterocycles. The van der Waals surface area contributed by atoms with Crippen molar-refractivity contribution in [2.75, 3.05) is 25.2 Å². The van der Waals surface area contributed by atoms with Crippen LogP contribution >= 0.6 is 11.8 Å². The average Bonchev–Trinajstić information content (AvgIpc) is 3.15. The number of carbonyl (C=O) groups is 2. The quantitative estimate of drug-likeness (QED) is 0.605. The van der Waals surface area contributed by atoms with E-state index >= 15 is 0 Å². The normalized spacial score (nSPS) is 10.6. The van der Waals surface area contributed by atoms with Crippen molar-refractivity contribution < 1.29 is 9.59 Å². The molecule has 1 aromatic heterocycles. The second kappa shape index (κ2) is 9.38. The van der Waals surface area contributed by atoms with Gasteiger partial charge in [-0.2, -0.15) is 0 Å². The summed E-state index contributed by atoms with van der Waals surface area (Å²) in [4.78, 5) is 26.0. The van der Waals surface area contributed by atoms with Crippen LogP contribution in [0.3, 0.4) is 0 Å². The van der Waals surface area contributed by atoms with E-state index in [2.05, 4.69) is 15.5 Å². The zero-order valence-electron chi connectivity index (χ0n) is 16.6. The van der Waals surface area contributed by atoms with Gasteiger partial charge in [0, 0.05) is 37.5 Å². The van der Waals surface area contributed by atoms with Gasteiger partial charge in [0.25, 0.3) is 5.91 Å². The van der Waals surface area contributed by atoms with Crippen LogP contribution in [0.1, 0.15) is 17.3 Å². The highest BCUT2D eigenvalue weighted by Crippen LogP contribution is 2.25. The van der Waals surface area contributed by atoms with Crippen LogP contribution in [0.25, 0.3) is 11.4 Å². The first-order valence-corrected chi connectivity index (χ1v) is 10.2. The first-order chi connectivity index (χ1) is 14.0. The van der Waals surface area contributed by atoms with Gasteiger partial charge in [0.1, 0.15) is 0 Å². The molecule has 0 bridgehead atoms. The Balaban J connectivity index is 1.74. The molecule has 2 aromatic carbocycles. The number of hydrogen-bond donors (Lipinski definition) is 1. The minimum atomic E-state index is -0.105. The molecule has 1 heterocycles. The van der Waals surface area contributed by atoms with Gasteiger partial charge in [-0.05, 0) is 31.2 Å². The van der Waals surface area contributed by atoms with Gasteiger partial charge >= 0.3 is 0 Å². The predicted octanol–water partition coefficient (Wildman–Crippen LogP) is 3.40. The van der Waals surface area contributed by atoms with Crippen LogP contribution in [0, 0.1) is 0 Å². The maximum atomic E-state index is 12.2. The second-order valence-electron chi connectivity index (χ2n) is 6.53. The van der Waals surface area contributed by atoms with Crippen LogP contribution in [0.4, 0.5) is 5.69 Å². The van der Waals surface area contributed by atoms with Crippen molar-refractivity contribution in [1.29, 1.82) is 0 Å². The Hall–Kier alpha value is -3.13. The number of amides is 2. The van der Waals surface area contributed by atoms with Gasteiger partial charge < -0.3 is 14.8 Å². The van der Waals surface area contributed by atoms with Crippen LogP contribution in [0.2, 0.25) is 0 Å². The van der Waals surface area contributed by atoms with E-state index in [1.54, 1.807) is 20.2 Å². The summed E-state index contributed by atoms with van der Waals surface area (Å²) >= 11 is 1.33. The van der Waals surface area contributed by atoms with Crippen LogP contribution in [-0.4, -0.2) is 51.3 Å². The molecule has 0 fully saturated rings. The molecule has 3 aromatic rings. The van der Waals surface area contributed by atoms with Gasteiger partial charge in [0.05, 0.1) is 5.75 Å². The Morgan fingerprint density at radius 1 is 1.07 bits per heavy atom. The fourth-order valence-corrected chi connectivity index (χ4v) is 3.59. The second-order valence-corrected chi connectivity index (χ2v) is 7.48. The van der Waals surface area contributed by atoms with Crippen molar-refractivity contribution in [3.63, 3.8) is 0 Å². The molecule has 1 N–H and O–H groups in total. The van der Waals surface area contributed by atoms with Crippen LogP contribution in [0.15, 0.2) is 59.8 Å². The molecule has 0 radical (unpaired) electrons. The molecule has 0 unspecified atom stereocenters. The molecule has 7 nitrogen and oxygen atoms in total. The SMILES string of the molecule is CCn1c(SCC(=O)Nc2ccccc2)nnc1-c1cccc(C(=O)N(C)C)c1. The Morgan fingerprint density at radius 3 is 2.52 bits per heavy atom. The van der Waals surface area contributed by atoms with Crippen LogP contribution in [0.5, 0.6) is 0 Å². The smallest absolute Gasteiger partial charge is 0.253 e. The highest BCUT2D eigenvalue weighted by molar-refractivity contribution is 7.99. The number of aromatic nitrogens is 3. The fraction of sp³-hybridized carbons (Fsp3) is 0.238. The Labute approximate surface area is 174 Å². The van der Waals surface area contributed by atoms with E-state index in [9.17, 15) is 9.59 Å². The molecule has 150 valence electrons. The molecular formula is C21H23N5O2S. The van der Waals surface area contributed by atoms with Gasteiger partial charge in [-0.1, -0.05) is 42.1 Å². The molecule has 0 aliphatic rings. The Bertz CT molecular complexity index is 1000. The summed E-state index contributed by atoms with van der Waals surface area (Å²) in [6, 6.07) is 16.7. The minimum absolute atomic E-state index is 0.0680. The number of carbonyl (C=O) groups excluding carboxylic acids is 2. The summed E-state index contributed by atoms with van der Waals surface area (Å²) in [5.41, 5.74) is 2.17. The van der Waals surface area contributed by atoms with Crippen molar-refractivity contribution in [2.24, 2.45) is 0 Å². The molecule has 2 amide bonds. The largest absolute Gasteiger partial charge is 0.345 e. The molecule has 0 saturated carbocycles. The van der Waals surface area contributed by atoms with Crippen LogP contribution < -0.4 is 5.32 Å². The van der Waals surface area contributed by atoms with E-state index in [-0.39, 0.29) is 17.6 Å². The first kappa shape index (κ1) is 20.6. The van der Waals surface area contributed by atoms with Crippen molar-refractivity contribution in [1.82, 2.24) is 19.7 Å². The first-order valence-electron chi connectivity index (χ1n) is 9.22. The van der Waals surface area contributed by atoms with Gasteiger partial charge in [0.15, 0.2) is 11.0 Å². The average molecular weight is 410 g/mol. The Morgan fingerprint density at radius 2 is 1.83 bits per heavy atom. The summed E-state index contributed by atoms with van der Waals surface area (Å²) in [5, 5.41) is 12.1. The molecule has 3 rings (SSSR count). The highest BCUT2D eigenvalue weighted by Gasteiger charge is 2.16. The zero-order chi connectivity index (χ0) is 20.8. The predicted molar refractivity (Wildman–Crippen MR) is 115 cm³/mol. The number of nitrogens with one attached hydrogen (secondary N) is 1. The fourth-order valence-electron chi connectivity index (χ4n) is 2.79. The van der Waals surface area contributed by atoms with Crippen molar-refractivity contribution in [3.8, 4) is 11.4 Å². The number of rotatable bonds is 7. The maximum absolute atomic E-state index is 12.2. The van der Waals surface area contributed by atoms with Gasteiger partial charge in [-0.15, -0.1) is 10.2 Å². The summed E-state index contributed by atoms with van der Waals surface area (Å²) in [5.74, 6) is 0.729. The van der Waals surface area contributed by atoms with Gasteiger partial charge in [-0.25, -0.2) is 0 Å². The lowest BCUT2D eigenvalue weighted by Crippen LogP contribution is -2.21. The third-order valence-corrected chi connectivity index (χ3v) is 5.16.